The predicted octanol–water partition coefficient (Wildman–Crippen LogP) is 0.665. The van der Waals surface area contributed by atoms with Crippen molar-refractivity contribution in [2.24, 2.45) is 5.41 Å². The Kier molecular flexibility index (Phi) is 4.89. The second kappa shape index (κ2) is 5.96. The third kappa shape index (κ3) is 4.72. The van der Waals surface area contributed by atoms with Gasteiger partial charge in [0.05, 0.1) is 0 Å². The largest absolute Gasteiger partial charge is 0.396 e. The molecule has 1 aromatic heterocycles. The molecule has 1 atom stereocenters. The average molecular weight is 226 g/mol. The van der Waals surface area contributed by atoms with Crippen molar-refractivity contribution in [3.8, 4) is 0 Å². The second-order valence-corrected chi connectivity index (χ2v) is 5.05. The molecule has 1 unspecified atom stereocenters. The van der Waals surface area contributed by atoms with Crippen molar-refractivity contribution in [2.45, 2.75) is 39.8 Å². The first-order chi connectivity index (χ1) is 7.53. The monoisotopic (exact) mass is 226 g/mol. The van der Waals surface area contributed by atoms with Crippen LogP contribution in [0.25, 0.3) is 0 Å². The van der Waals surface area contributed by atoms with Gasteiger partial charge in [-0.2, -0.15) is 5.10 Å². The molecule has 0 bridgehead atoms. The Morgan fingerprint density at radius 1 is 1.50 bits per heavy atom. The first-order valence-electron chi connectivity index (χ1n) is 5.70. The van der Waals surface area contributed by atoms with E-state index < -0.39 is 0 Å². The summed E-state index contributed by atoms with van der Waals surface area (Å²) in [6.45, 7) is 8.13. The van der Waals surface area contributed by atoms with E-state index in [1.54, 1.807) is 12.7 Å². The molecule has 0 aromatic carbocycles. The van der Waals surface area contributed by atoms with Gasteiger partial charge >= 0.3 is 0 Å². The number of aliphatic hydroxyl groups is 1. The van der Waals surface area contributed by atoms with Crippen LogP contribution < -0.4 is 5.32 Å². The van der Waals surface area contributed by atoms with Crippen LogP contribution in [0.15, 0.2) is 12.7 Å². The Balaban J connectivity index is 2.18. The molecule has 1 aromatic rings. The molecule has 1 heterocycles. The Morgan fingerprint density at radius 3 is 2.81 bits per heavy atom. The molecule has 0 fully saturated rings. The lowest BCUT2D eigenvalue weighted by atomic mass is 9.94. The highest BCUT2D eigenvalue weighted by Gasteiger charge is 2.16. The predicted molar refractivity (Wildman–Crippen MR) is 63.0 cm³/mol. The highest BCUT2D eigenvalue weighted by atomic mass is 16.3. The van der Waals surface area contributed by atoms with Gasteiger partial charge in [0.25, 0.3) is 0 Å². The van der Waals surface area contributed by atoms with Gasteiger partial charge in [-0.15, -0.1) is 0 Å². The van der Waals surface area contributed by atoms with Gasteiger partial charge in [0.15, 0.2) is 0 Å². The molecular weight excluding hydrogens is 204 g/mol. The molecule has 0 saturated carbocycles. The molecule has 5 heteroatoms. The van der Waals surface area contributed by atoms with Crippen LogP contribution in [0.2, 0.25) is 0 Å². The van der Waals surface area contributed by atoms with E-state index >= 15 is 0 Å². The normalized spacial score (nSPS) is 14.0. The fourth-order valence-corrected chi connectivity index (χ4v) is 1.28. The van der Waals surface area contributed by atoms with E-state index in [1.165, 1.54) is 0 Å². The zero-order valence-corrected chi connectivity index (χ0v) is 10.3. The van der Waals surface area contributed by atoms with Gasteiger partial charge in [0.1, 0.15) is 12.7 Å². The van der Waals surface area contributed by atoms with Crippen LogP contribution >= 0.6 is 0 Å². The zero-order valence-electron chi connectivity index (χ0n) is 10.3. The van der Waals surface area contributed by atoms with Crippen molar-refractivity contribution < 1.29 is 5.11 Å². The van der Waals surface area contributed by atoms with Crippen LogP contribution in [0.5, 0.6) is 0 Å². The molecule has 0 aliphatic carbocycles. The van der Waals surface area contributed by atoms with Crippen molar-refractivity contribution in [2.75, 3.05) is 13.2 Å². The Hall–Kier alpha value is -0.940. The Labute approximate surface area is 96.9 Å². The van der Waals surface area contributed by atoms with Gasteiger partial charge in [0.2, 0.25) is 0 Å². The summed E-state index contributed by atoms with van der Waals surface area (Å²) in [5.41, 5.74) is -0.0541. The van der Waals surface area contributed by atoms with E-state index in [4.69, 9.17) is 5.11 Å². The second-order valence-electron chi connectivity index (χ2n) is 5.05. The van der Waals surface area contributed by atoms with Crippen molar-refractivity contribution in [1.82, 2.24) is 20.1 Å². The van der Waals surface area contributed by atoms with Crippen molar-refractivity contribution in [3.05, 3.63) is 12.7 Å². The molecule has 92 valence electrons. The Bertz CT molecular complexity index is 284. The highest BCUT2D eigenvalue weighted by Crippen LogP contribution is 2.11. The molecule has 0 saturated heterocycles. The minimum absolute atomic E-state index is 0.0541. The van der Waals surface area contributed by atoms with Crippen LogP contribution in [0, 0.1) is 5.41 Å². The molecule has 0 amide bonds. The number of nitrogens with one attached hydrogen (secondary N) is 1. The standard InChI is InChI=1S/C11H22N4O/c1-10(13-6-11(2,3)7-16)4-5-15-9-12-8-14-15/h8-10,13,16H,4-7H2,1-3H3. The minimum Gasteiger partial charge on any atom is -0.396 e. The lowest BCUT2D eigenvalue weighted by Crippen LogP contribution is -2.37. The number of rotatable bonds is 7. The van der Waals surface area contributed by atoms with E-state index in [0.717, 1.165) is 19.5 Å². The SMILES string of the molecule is CC(CCn1cncn1)NCC(C)(C)CO. The molecule has 0 aliphatic rings. The molecule has 16 heavy (non-hydrogen) atoms. The zero-order chi connectivity index (χ0) is 12.0. The van der Waals surface area contributed by atoms with Crippen LogP contribution in [0.1, 0.15) is 27.2 Å². The summed E-state index contributed by atoms with van der Waals surface area (Å²) in [5.74, 6) is 0. The van der Waals surface area contributed by atoms with E-state index in [0.29, 0.717) is 6.04 Å². The van der Waals surface area contributed by atoms with Crippen molar-refractivity contribution in [3.63, 3.8) is 0 Å². The maximum Gasteiger partial charge on any atom is 0.137 e. The third-order valence-corrected chi connectivity index (χ3v) is 2.61. The maximum absolute atomic E-state index is 9.12. The molecule has 0 aliphatic heterocycles. The van der Waals surface area contributed by atoms with Crippen molar-refractivity contribution in [1.29, 1.82) is 0 Å². The van der Waals surface area contributed by atoms with E-state index in [1.807, 2.05) is 18.5 Å². The summed E-state index contributed by atoms with van der Waals surface area (Å²) in [6, 6.07) is 0.412. The van der Waals surface area contributed by atoms with Crippen LogP contribution in [-0.4, -0.2) is 39.1 Å². The van der Waals surface area contributed by atoms with E-state index in [-0.39, 0.29) is 12.0 Å². The topological polar surface area (TPSA) is 63.0 Å². The molecule has 0 radical (unpaired) electrons. The van der Waals surface area contributed by atoms with Crippen LogP contribution in [0.3, 0.4) is 0 Å². The number of hydrogen-bond donors (Lipinski definition) is 2. The summed E-state index contributed by atoms with van der Waals surface area (Å²) in [7, 11) is 0. The molecule has 5 nitrogen and oxygen atoms in total. The van der Waals surface area contributed by atoms with Gasteiger partial charge in [-0.05, 0) is 13.3 Å². The van der Waals surface area contributed by atoms with Gasteiger partial charge in [-0.3, -0.25) is 4.68 Å². The smallest absolute Gasteiger partial charge is 0.137 e. The summed E-state index contributed by atoms with van der Waals surface area (Å²) in [4.78, 5) is 3.90. The fourth-order valence-electron chi connectivity index (χ4n) is 1.28. The number of nitrogens with zero attached hydrogens (tertiary/aromatic N) is 3. The molecule has 2 N–H and O–H groups in total. The summed E-state index contributed by atoms with van der Waals surface area (Å²) < 4.78 is 1.83. The number of hydrogen-bond acceptors (Lipinski definition) is 4. The summed E-state index contributed by atoms with van der Waals surface area (Å²) in [5, 5.41) is 16.6. The van der Waals surface area contributed by atoms with Gasteiger partial charge in [-0.1, -0.05) is 13.8 Å². The van der Waals surface area contributed by atoms with E-state index in [9.17, 15) is 0 Å². The Morgan fingerprint density at radius 2 is 2.25 bits per heavy atom. The lowest BCUT2D eigenvalue weighted by Gasteiger charge is -2.24. The molecular formula is C11H22N4O. The first-order valence-corrected chi connectivity index (χ1v) is 5.70. The first kappa shape index (κ1) is 13.1. The maximum atomic E-state index is 9.12. The highest BCUT2D eigenvalue weighted by molar-refractivity contribution is 4.73. The number of aliphatic hydroxyl groups excluding tert-OH is 1. The average Bonchev–Trinajstić information content (AvgIpc) is 2.76. The third-order valence-electron chi connectivity index (χ3n) is 2.61. The summed E-state index contributed by atoms with van der Waals surface area (Å²) >= 11 is 0. The van der Waals surface area contributed by atoms with E-state index in [2.05, 4.69) is 22.3 Å². The number of aryl methyl sites for hydroxylation is 1. The fraction of sp³-hybridized carbons (Fsp3) is 0.818. The van der Waals surface area contributed by atoms with Crippen LogP contribution in [0.4, 0.5) is 0 Å². The van der Waals surface area contributed by atoms with Gasteiger partial charge in [0, 0.05) is 31.2 Å². The van der Waals surface area contributed by atoms with Gasteiger partial charge < -0.3 is 10.4 Å². The lowest BCUT2D eigenvalue weighted by molar-refractivity contribution is 0.153. The minimum atomic E-state index is -0.0541. The van der Waals surface area contributed by atoms with Gasteiger partial charge in [-0.25, -0.2) is 4.98 Å². The summed E-state index contributed by atoms with van der Waals surface area (Å²) in [6.07, 6.45) is 4.28. The molecule has 1 rings (SSSR count). The van der Waals surface area contributed by atoms with Crippen LogP contribution in [-0.2, 0) is 6.54 Å². The number of aromatic nitrogens is 3. The quantitative estimate of drug-likeness (QED) is 0.717. The molecule has 0 spiro atoms. The van der Waals surface area contributed by atoms with Crippen molar-refractivity contribution >= 4 is 0 Å².